The Bertz CT molecular complexity index is 420. The zero-order chi connectivity index (χ0) is 13.0. The highest BCUT2D eigenvalue weighted by Gasteiger charge is 2.40. The second kappa shape index (κ2) is 5.25. The summed E-state index contributed by atoms with van der Waals surface area (Å²) in [6.45, 7) is 0. The lowest BCUT2D eigenvalue weighted by atomic mass is 9.74. The van der Waals surface area contributed by atoms with E-state index in [-0.39, 0.29) is 12.3 Å². The number of carboxylic acids is 1. The van der Waals surface area contributed by atoms with E-state index in [1.807, 2.05) is 6.07 Å². The molecular formula is C13H17NO4. The van der Waals surface area contributed by atoms with E-state index < -0.39 is 11.5 Å². The first-order chi connectivity index (χ1) is 8.60. The minimum absolute atomic E-state index is 0.0183. The monoisotopic (exact) mass is 251 g/mol. The van der Waals surface area contributed by atoms with Gasteiger partial charge in [-0.3, -0.25) is 9.59 Å². The van der Waals surface area contributed by atoms with Gasteiger partial charge in [0, 0.05) is 6.42 Å². The van der Waals surface area contributed by atoms with Crippen molar-refractivity contribution in [1.82, 2.24) is 5.32 Å². The Morgan fingerprint density at radius 2 is 2.22 bits per heavy atom. The number of carbonyl (C=O) groups excluding carboxylic acids is 1. The van der Waals surface area contributed by atoms with Crippen LogP contribution in [0.4, 0.5) is 0 Å². The minimum atomic E-state index is -0.857. The van der Waals surface area contributed by atoms with Crippen molar-refractivity contribution in [2.45, 2.75) is 44.1 Å². The molecule has 1 amide bonds. The predicted molar refractivity (Wildman–Crippen MR) is 64.0 cm³/mol. The van der Waals surface area contributed by atoms with Crippen LogP contribution in [0.25, 0.3) is 0 Å². The third-order valence-corrected chi connectivity index (χ3v) is 3.43. The standard InChI is InChI=1S/C13H17NO4/c15-11(3-2-10-4-7-18-9-10)14-13(5-1-6-13)8-12(16)17/h4,7,9H,1-3,5-6,8H2,(H,14,15)(H,16,17). The average Bonchev–Trinajstić information content (AvgIpc) is 2.75. The second-order valence-corrected chi connectivity index (χ2v) is 4.88. The van der Waals surface area contributed by atoms with Crippen LogP contribution in [0.3, 0.4) is 0 Å². The number of aliphatic carboxylic acids is 1. The SMILES string of the molecule is O=C(O)CC1(NC(=O)CCc2ccoc2)CCC1. The Hall–Kier alpha value is -1.78. The number of aryl methyl sites for hydroxylation is 1. The summed E-state index contributed by atoms with van der Waals surface area (Å²) in [6, 6.07) is 1.82. The molecule has 0 aromatic carbocycles. The molecular weight excluding hydrogens is 234 g/mol. The summed E-state index contributed by atoms with van der Waals surface area (Å²) in [6.07, 6.45) is 6.69. The maximum atomic E-state index is 11.8. The Morgan fingerprint density at radius 1 is 1.44 bits per heavy atom. The average molecular weight is 251 g/mol. The highest BCUT2D eigenvalue weighted by molar-refractivity contribution is 5.78. The zero-order valence-electron chi connectivity index (χ0n) is 10.1. The van der Waals surface area contributed by atoms with E-state index in [0.717, 1.165) is 24.8 Å². The van der Waals surface area contributed by atoms with Gasteiger partial charge in [0.1, 0.15) is 0 Å². The lowest BCUT2D eigenvalue weighted by Crippen LogP contribution is -2.54. The molecule has 0 atom stereocenters. The predicted octanol–water partition coefficient (Wildman–Crippen LogP) is 1.73. The van der Waals surface area contributed by atoms with Gasteiger partial charge in [-0.15, -0.1) is 0 Å². The molecule has 1 heterocycles. The summed E-state index contributed by atoms with van der Waals surface area (Å²) in [5.41, 5.74) is 0.477. The zero-order valence-corrected chi connectivity index (χ0v) is 10.1. The van der Waals surface area contributed by atoms with Crippen LogP contribution in [-0.2, 0) is 16.0 Å². The Morgan fingerprint density at radius 3 is 2.72 bits per heavy atom. The first kappa shape index (κ1) is 12.7. The third kappa shape index (κ3) is 3.12. The van der Waals surface area contributed by atoms with E-state index in [0.29, 0.717) is 12.8 Å². The van der Waals surface area contributed by atoms with Crippen molar-refractivity contribution in [2.75, 3.05) is 0 Å². The highest BCUT2D eigenvalue weighted by atomic mass is 16.4. The fourth-order valence-corrected chi connectivity index (χ4v) is 2.29. The van der Waals surface area contributed by atoms with E-state index in [9.17, 15) is 9.59 Å². The van der Waals surface area contributed by atoms with Crippen LogP contribution in [0.15, 0.2) is 23.0 Å². The maximum Gasteiger partial charge on any atom is 0.305 e. The van der Waals surface area contributed by atoms with Gasteiger partial charge in [0.25, 0.3) is 0 Å². The van der Waals surface area contributed by atoms with Crippen LogP contribution in [0.2, 0.25) is 0 Å². The van der Waals surface area contributed by atoms with Crippen molar-refractivity contribution in [3.05, 3.63) is 24.2 Å². The number of carbonyl (C=O) groups is 2. The molecule has 0 bridgehead atoms. The summed E-state index contributed by atoms with van der Waals surface area (Å²) in [7, 11) is 0. The van der Waals surface area contributed by atoms with Crippen molar-refractivity contribution in [3.63, 3.8) is 0 Å². The topological polar surface area (TPSA) is 79.5 Å². The molecule has 0 spiro atoms. The van der Waals surface area contributed by atoms with Crippen LogP contribution in [0.1, 0.15) is 37.7 Å². The van der Waals surface area contributed by atoms with E-state index in [4.69, 9.17) is 9.52 Å². The quantitative estimate of drug-likeness (QED) is 0.806. The summed E-state index contributed by atoms with van der Waals surface area (Å²) in [5.74, 6) is -0.943. The molecule has 2 N–H and O–H groups in total. The van der Waals surface area contributed by atoms with Crippen LogP contribution in [-0.4, -0.2) is 22.5 Å². The lowest BCUT2D eigenvalue weighted by molar-refractivity contribution is -0.140. The van der Waals surface area contributed by atoms with Crippen molar-refractivity contribution in [2.24, 2.45) is 0 Å². The molecule has 0 saturated heterocycles. The second-order valence-electron chi connectivity index (χ2n) is 4.88. The van der Waals surface area contributed by atoms with Gasteiger partial charge in [-0.2, -0.15) is 0 Å². The van der Waals surface area contributed by atoms with Gasteiger partial charge >= 0.3 is 5.97 Å². The molecule has 18 heavy (non-hydrogen) atoms. The largest absolute Gasteiger partial charge is 0.481 e. The van der Waals surface area contributed by atoms with Gasteiger partial charge in [-0.05, 0) is 37.3 Å². The number of rotatable bonds is 6. The normalized spacial score (nSPS) is 16.9. The number of nitrogens with one attached hydrogen (secondary N) is 1. The maximum absolute atomic E-state index is 11.8. The third-order valence-electron chi connectivity index (χ3n) is 3.43. The molecule has 5 nitrogen and oxygen atoms in total. The number of carboxylic acid groups (broad SMARTS) is 1. The molecule has 0 unspecified atom stereocenters. The van der Waals surface area contributed by atoms with Gasteiger partial charge in [0.15, 0.2) is 0 Å². The number of amides is 1. The van der Waals surface area contributed by atoms with Crippen LogP contribution in [0.5, 0.6) is 0 Å². The van der Waals surface area contributed by atoms with Crippen molar-refractivity contribution in [1.29, 1.82) is 0 Å². The molecule has 1 fully saturated rings. The fourth-order valence-electron chi connectivity index (χ4n) is 2.29. The molecule has 1 aliphatic rings. The van der Waals surface area contributed by atoms with E-state index in [1.165, 1.54) is 0 Å². The lowest BCUT2D eigenvalue weighted by Gasteiger charge is -2.41. The smallest absolute Gasteiger partial charge is 0.305 e. The molecule has 1 aliphatic carbocycles. The Labute approximate surface area is 105 Å². The molecule has 1 aromatic heterocycles. The van der Waals surface area contributed by atoms with Crippen molar-refractivity contribution < 1.29 is 19.1 Å². The van der Waals surface area contributed by atoms with Gasteiger partial charge in [0.05, 0.1) is 24.5 Å². The van der Waals surface area contributed by atoms with Crippen LogP contribution < -0.4 is 5.32 Å². The summed E-state index contributed by atoms with van der Waals surface area (Å²) >= 11 is 0. The van der Waals surface area contributed by atoms with Gasteiger partial charge in [-0.1, -0.05) is 0 Å². The Kier molecular flexibility index (Phi) is 3.69. The fraction of sp³-hybridized carbons (Fsp3) is 0.538. The molecule has 98 valence electrons. The van der Waals surface area contributed by atoms with Crippen molar-refractivity contribution >= 4 is 11.9 Å². The molecule has 1 aromatic rings. The minimum Gasteiger partial charge on any atom is -0.481 e. The van der Waals surface area contributed by atoms with Gasteiger partial charge in [0.2, 0.25) is 5.91 Å². The number of furan rings is 1. The number of hydrogen-bond acceptors (Lipinski definition) is 3. The molecule has 1 saturated carbocycles. The summed E-state index contributed by atoms with van der Waals surface area (Å²) < 4.78 is 4.92. The first-order valence-electron chi connectivity index (χ1n) is 6.14. The van der Waals surface area contributed by atoms with E-state index in [1.54, 1.807) is 12.5 Å². The summed E-state index contributed by atoms with van der Waals surface area (Å²) in [5, 5.41) is 11.7. The molecule has 5 heteroatoms. The van der Waals surface area contributed by atoms with Crippen LogP contribution >= 0.6 is 0 Å². The highest BCUT2D eigenvalue weighted by Crippen LogP contribution is 2.35. The molecule has 2 rings (SSSR count). The number of hydrogen-bond donors (Lipinski definition) is 2. The first-order valence-corrected chi connectivity index (χ1v) is 6.14. The molecule has 0 aliphatic heterocycles. The Balaban J connectivity index is 1.80. The molecule has 0 radical (unpaired) electrons. The van der Waals surface area contributed by atoms with E-state index in [2.05, 4.69) is 5.32 Å². The van der Waals surface area contributed by atoms with Crippen LogP contribution in [0, 0.1) is 0 Å². The van der Waals surface area contributed by atoms with Crippen molar-refractivity contribution in [3.8, 4) is 0 Å². The van der Waals surface area contributed by atoms with Gasteiger partial charge < -0.3 is 14.8 Å². The van der Waals surface area contributed by atoms with E-state index >= 15 is 0 Å². The van der Waals surface area contributed by atoms with Gasteiger partial charge in [-0.25, -0.2) is 0 Å². The summed E-state index contributed by atoms with van der Waals surface area (Å²) in [4.78, 5) is 22.6.